The van der Waals surface area contributed by atoms with Gasteiger partial charge >= 0.3 is 0 Å². The Labute approximate surface area is 141 Å². The second kappa shape index (κ2) is 7.18. The quantitative estimate of drug-likeness (QED) is 0.881. The second-order valence-corrected chi connectivity index (χ2v) is 5.90. The van der Waals surface area contributed by atoms with Gasteiger partial charge < -0.3 is 10.2 Å². The Kier molecular flexibility index (Phi) is 4.81. The maximum Gasteiger partial charge on any atom is 0.271 e. The van der Waals surface area contributed by atoms with Crippen LogP contribution in [0, 0.1) is 17.0 Å². The number of benzene rings is 2. The van der Waals surface area contributed by atoms with E-state index in [9.17, 15) is 9.18 Å². The minimum atomic E-state index is -0.336. The topological polar surface area (TPSA) is 56.1 Å². The summed E-state index contributed by atoms with van der Waals surface area (Å²) >= 11 is 0. The predicted octanol–water partition coefficient (Wildman–Crippen LogP) is 3.46. The molecule has 0 aliphatic carbocycles. The molecule has 0 saturated carbocycles. The average molecular weight is 321 g/mol. The molecule has 1 saturated heterocycles. The highest BCUT2D eigenvalue weighted by Gasteiger charge is 2.22. The summed E-state index contributed by atoms with van der Waals surface area (Å²) in [7, 11) is 0. The molecule has 1 N–H and O–H groups in total. The molecule has 6 heteroatoms. The predicted molar refractivity (Wildman–Crippen MR) is 94.0 cm³/mol. The highest BCUT2D eigenvalue weighted by Crippen LogP contribution is 2.21. The van der Waals surface area contributed by atoms with Crippen molar-refractivity contribution in [3.05, 3.63) is 59.9 Å². The fraction of sp³-hybridized carbons (Fsp3) is 0.222. The molecule has 3 rings (SSSR count). The summed E-state index contributed by atoms with van der Waals surface area (Å²) in [5, 5.41) is 11.7. The second-order valence-electron chi connectivity index (χ2n) is 5.90. The van der Waals surface area contributed by atoms with Crippen LogP contribution in [0.1, 0.15) is 10.4 Å². The van der Waals surface area contributed by atoms with Gasteiger partial charge in [0.05, 0.1) is 0 Å². The molecule has 0 unspecified atom stereocenters. The first-order valence-corrected chi connectivity index (χ1v) is 7.97. The molecule has 1 aliphatic heterocycles. The summed E-state index contributed by atoms with van der Waals surface area (Å²) in [6.45, 7) is 1.88. The lowest BCUT2D eigenvalue weighted by molar-refractivity contribution is 0.102. The lowest BCUT2D eigenvalue weighted by Gasteiger charge is -2.30. The van der Waals surface area contributed by atoms with Crippen LogP contribution in [0.15, 0.2) is 48.5 Å². The van der Waals surface area contributed by atoms with Gasteiger partial charge in [0.15, 0.2) is 0 Å². The number of carbonyl (C=O) groups excluding carboxylic acids is 1. The number of carbonyl (C=O) groups is 1. The fourth-order valence-corrected chi connectivity index (χ4v) is 2.83. The Balaban J connectivity index is 1.63. The van der Waals surface area contributed by atoms with Crippen molar-refractivity contribution in [2.24, 2.45) is 0 Å². The molecule has 120 valence electrons. The standard InChI is InChI=1S/C18H17BFN3O/c20-15-3-5-16(6-4-15)22-18(24)14-1-7-17(8-2-14)23-11-9-19(13-21)10-12-23/h1-8H,9-12H2,(H,22,24). The Morgan fingerprint density at radius 2 is 1.71 bits per heavy atom. The molecule has 1 fully saturated rings. The maximum absolute atomic E-state index is 12.9. The molecule has 1 amide bonds. The molecule has 0 spiro atoms. The van der Waals surface area contributed by atoms with Crippen LogP contribution in [-0.2, 0) is 0 Å². The molecular formula is C18H17BFN3O. The fourth-order valence-electron chi connectivity index (χ4n) is 2.83. The molecule has 4 nitrogen and oxygen atoms in total. The highest BCUT2D eigenvalue weighted by molar-refractivity contribution is 6.67. The van der Waals surface area contributed by atoms with Gasteiger partial charge in [0.1, 0.15) is 5.82 Å². The lowest BCUT2D eigenvalue weighted by atomic mass is 9.45. The van der Waals surface area contributed by atoms with Gasteiger partial charge in [-0.15, -0.1) is 0 Å². The van der Waals surface area contributed by atoms with Crippen LogP contribution in [-0.4, -0.2) is 25.7 Å². The smallest absolute Gasteiger partial charge is 0.271 e. The number of nitrogens with zero attached hydrogens (tertiary/aromatic N) is 2. The number of hydrogen-bond donors (Lipinski definition) is 1. The third kappa shape index (κ3) is 3.74. The monoisotopic (exact) mass is 321 g/mol. The van der Waals surface area contributed by atoms with E-state index < -0.39 is 0 Å². The largest absolute Gasteiger partial charge is 0.373 e. The minimum Gasteiger partial charge on any atom is -0.373 e. The highest BCUT2D eigenvalue weighted by atomic mass is 19.1. The number of halogens is 1. The third-order valence-electron chi connectivity index (χ3n) is 4.27. The van der Waals surface area contributed by atoms with Crippen LogP contribution in [0.5, 0.6) is 0 Å². The number of nitrogens with one attached hydrogen (secondary N) is 1. The van der Waals surface area contributed by atoms with E-state index in [1.807, 2.05) is 12.1 Å². The minimum absolute atomic E-state index is 0.155. The van der Waals surface area contributed by atoms with Crippen molar-refractivity contribution < 1.29 is 9.18 Å². The zero-order valence-electron chi connectivity index (χ0n) is 13.2. The van der Waals surface area contributed by atoms with E-state index in [4.69, 9.17) is 5.26 Å². The molecule has 2 aromatic rings. The zero-order chi connectivity index (χ0) is 16.9. The Bertz CT molecular complexity index is 747. The first-order valence-electron chi connectivity index (χ1n) is 7.97. The van der Waals surface area contributed by atoms with Crippen LogP contribution < -0.4 is 10.2 Å². The van der Waals surface area contributed by atoms with Crippen molar-refractivity contribution in [3.8, 4) is 5.97 Å². The van der Waals surface area contributed by atoms with E-state index in [2.05, 4.69) is 16.2 Å². The van der Waals surface area contributed by atoms with Crippen LogP contribution in [0.3, 0.4) is 0 Å². The van der Waals surface area contributed by atoms with Crippen LogP contribution in [0.2, 0.25) is 12.6 Å². The third-order valence-corrected chi connectivity index (χ3v) is 4.27. The Morgan fingerprint density at radius 1 is 1.08 bits per heavy atom. The van der Waals surface area contributed by atoms with E-state index in [-0.39, 0.29) is 18.4 Å². The van der Waals surface area contributed by atoms with E-state index >= 15 is 0 Å². The van der Waals surface area contributed by atoms with E-state index in [1.165, 1.54) is 24.3 Å². The summed E-state index contributed by atoms with van der Waals surface area (Å²) in [6, 6.07) is 13.1. The van der Waals surface area contributed by atoms with Gasteiger partial charge in [0.2, 0.25) is 0 Å². The van der Waals surface area contributed by atoms with Crippen molar-refractivity contribution in [2.75, 3.05) is 23.3 Å². The van der Waals surface area contributed by atoms with Gasteiger partial charge in [-0.05, 0) is 61.2 Å². The van der Waals surface area contributed by atoms with Crippen LogP contribution in [0.25, 0.3) is 0 Å². The van der Waals surface area contributed by atoms with Crippen molar-refractivity contribution >= 4 is 24.0 Å². The maximum atomic E-state index is 12.9. The van der Waals surface area contributed by atoms with E-state index in [1.54, 1.807) is 12.1 Å². The molecule has 2 aromatic carbocycles. The molecular weight excluding hydrogens is 304 g/mol. The number of anilines is 2. The van der Waals surface area contributed by atoms with Crippen molar-refractivity contribution in [2.45, 2.75) is 12.6 Å². The summed E-state index contributed by atoms with van der Waals surface area (Å²) in [5.41, 5.74) is 2.17. The molecule has 1 aliphatic rings. The van der Waals surface area contributed by atoms with E-state index in [0.717, 1.165) is 31.4 Å². The lowest BCUT2D eigenvalue weighted by Crippen LogP contribution is -2.36. The first kappa shape index (κ1) is 16.1. The summed E-state index contributed by atoms with van der Waals surface area (Å²) in [4.78, 5) is 14.4. The number of nitriles is 1. The summed E-state index contributed by atoms with van der Waals surface area (Å²) < 4.78 is 12.9. The Morgan fingerprint density at radius 3 is 2.29 bits per heavy atom. The van der Waals surface area contributed by atoms with Gasteiger partial charge in [0, 0.05) is 36.0 Å². The number of amides is 1. The van der Waals surface area contributed by atoms with Gasteiger partial charge in [-0.2, -0.15) is 0 Å². The van der Waals surface area contributed by atoms with Crippen LogP contribution >= 0.6 is 0 Å². The average Bonchev–Trinajstić information content (AvgIpc) is 2.64. The summed E-state index contributed by atoms with van der Waals surface area (Å²) in [6.07, 6.45) is 1.76. The molecule has 0 bridgehead atoms. The van der Waals surface area contributed by atoms with Gasteiger partial charge in [-0.3, -0.25) is 4.79 Å². The van der Waals surface area contributed by atoms with E-state index in [0.29, 0.717) is 11.3 Å². The number of hydrogen-bond acceptors (Lipinski definition) is 3. The Hall–Kier alpha value is -2.81. The van der Waals surface area contributed by atoms with Crippen molar-refractivity contribution in [3.63, 3.8) is 0 Å². The van der Waals surface area contributed by atoms with Crippen LogP contribution in [0.4, 0.5) is 15.8 Å². The molecule has 24 heavy (non-hydrogen) atoms. The van der Waals surface area contributed by atoms with Gasteiger partial charge in [-0.1, -0.05) is 0 Å². The summed E-state index contributed by atoms with van der Waals surface area (Å²) in [5.74, 6) is 1.76. The van der Waals surface area contributed by atoms with Crippen molar-refractivity contribution in [1.82, 2.24) is 0 Å². The van der Waals surface area contributed by atoms with Crippen molar-refractivity contribution in [1.29, 1.82) is 5.26 Å². The normalized spacial score (nSPS) is 14.2. The first-order chi connectivity index (χ1) is 11.7. The SMILES string of the molecule is N#CB1CCN(c2ccc(C(=O)Nc3ccc(F)cc3)cc2)CC1. The molecule has 0 radical (unpaired) electrons. The molecule has 1 heterocycles. The van der Waals surface area contributed by atoms with Gasteiger partial charge in [0.25, 0.3) is 12.6 Å². The molecule has 0 atom stereocenters. The van der Waals surface area contributed by atoms with Gasteiger partial charge in [-0.25, -0.2) is 9.65 Å². The molecule has 0 aromatic heterocycles. The number of rotatable bonds is 3. The zero-order valence-corrected chi connectivity index (χ0v) is 13.2.